The summed E-state index contributed by atoms with van der Waals surface area (Å²) in [6.45, 7) is 6.25. The van der Waals surface area contributed by atoms with Gasteiger partial charge in [-0.05, 0) is 30.5 Å². The van der Waals surface area contributed by atoms with Gasteiger partial charge in [0.1, 0.15) is 0 Å². The van der Waals surface area contributed by atoms with Gasteiger partial charge in [0.15, 0.2) is 17.9 Å². The molecule has 218 valence electrons. The molecule has 0 amide bonds. The van der Waals surface area contributed by atoms with Crippen LogP contribution in [0.3, 0.4) is 0 Å². The molecule has 1 fully saturated rings. The molecule has 1 aliphatic rings. The average molecular weight is 545 g/mol. The van der Waals surface area contributed by atoms with Gasteiger partial charge in [0.2, 0.25) is 5.82 Å². The van der Waals surface area contributed by atoms with Crippen molar-refractivity contribution >= 4 is 0 Å². The van der Waals surface area contributed by atoms with Crippen LogP contribution in [0.1, 0.15) is 122 Å². The van der Waals surface area contributed by atoms with Crippen molar-refractivity contribution in [1.82, 2.24) is 0 Å². The molecule has 0 saturated carbocycles. The molecule has 3 rings (SSSR count). The zero-order chi connectivity index (χ0) is 27.7. The van der Waals surface area contributed by atoms with Crippen molar-refractivity contribution in [3.05, 3.63) is 53.6 Å². The van der Waals surface area contributed by atoms with Crippen molar-refractivity contribution in [2.75, 3.05) is 19.8 Å². The van der Waals surface area contributed by atoms with E-state index in [9.17, 15) is 8.78 Å². The van der Waals surface area contributed by atoms with Gasteiger partial charge in [0, 0.05) is 17.0 Å². The third-order valence-electron chi connectivity index (χ3n) is 7.73. The summed E-state index contributed by atoms with van der Waals surface area (Å²) in [6.07, 6.45) is 18.0. The maximum absolute atomic E-state index is 14.9. The third-order valence-corrected chi connectivity index (χ3v) is 7.73. The molecular formula is C34H50F2O3. The molecule has 1 heterocycles. The molecule has 0 aliphatic carbocycles. The van der Waals surface area contributed by atoms with Crippen LogP contribution in [-0.4, -0.2) is 19.8 Å². The number of halogens is 2. The van der Waals surface area contributed by atoms with Gasteiger partial charge in [-0.25, -0.2) is 4.39 Å². The highest BCUT2D eigenvalue weighted by atomic mass is 19.2. The maximum Gasteiger partial charge on any atom is 0.201 e. The molecule has 2 aromatic carbocycles. The van der Waals surface area contributed by atoms with Gasteiger partial charge in [-0.3, -0.25) is 0 Å². The maximum atomic E-state index is 14.9. The van der Waals surface area contributed by atoms with E-state index in [-0.39, 0.29) is 11.3 Å². The topological polar surface area (TPSA) is 27.7 Å². The zero-order valence-electron chi connectivity index (χ0n) is 24.3. The second-order valence-corrected chi connectivity index (χ2v) is 11.1. The average Bonchev–Trinajstić information content (AvgIpc) is 2.96. The number of hydrogen-bond donors (Lipinski definition) is 0. The first-order chi connectivity index (χ1) is 19.1. The van der Waals surface area contributed by atoms with E-state index in [1.165, 1.54) is 76.7 Å². The molecule has 2 aromatic rings. The Morgan fingerprint density at radius 1 is 0.667 bits per heavy atom. The van der Waals surface area contributed by atoms with Crippen LogP contribution in [0.25, 0.3) is 11.1 Å². The fourth-order valence-corrected chi connectivity index (χ4v) is 5.22. The Hall–Kier alpha value is -1.98. The predicted molar refractivity (Wildman–Crippen MR) is 156 cm³/mol. The Morgan fingerprint density at radius 2 is 1.23 bits per heavy atom. The van der Waals surface area contributed by atoms with Crippen LogP contribution in [0.15, 0.2) is 36.4 Å². The minimum Gasteiger partial charge on any atom is -0.490 e. The van der Waals surface area contributed by atoms with Crippen LogP contribution in [0, 0.1) is 17.6 Å². The lowest BCUT2D eigenvalue weighted by Crippen LogP contribution is -2.27. The summed E-state index contributed by atoms with van der Waals surface area (Å²) in [5, 5.41) is 0. The fourth-order valence-electron chi connectivity index (χ4n) is 5.22. The monoisotopic (exact) mass is 544 g/mol. The Bertz CT molecular complexity index is 923. The summed E-state index contributed by atoms with van der Waals surface area (Å²) >= 11 is 0. The van der Waals surface area contributed by atoms with Gasteiger partial charge >= 0.3 is 0 Å². The van der Waals surface area contributed by atoms with E-state index in [2.05, 4.69) is 13.8 Å². The van der Waals surface area contributed by atoms with E-state index in [0.29, 0.717) is 31.3 Å². The quantitative estimate of drug-likeness (QED) is 0.165. The number of ether oxygens (including phenoxy) is 3. The van der Waals surface area contributed by atoms with Gasteiger partial charge in [-0.1, -0.05) is 122 Å². The van der Waals surface area contributed by atoms with E-state index in [1.54, 1.807) is 18.2 Å². The molecular weight excluding hydrogens is 494 g/mol. The molecule has 0 radical (unpaired) electrons. The molecule has 0 N–H and O–H groups in total. The molecule has 3 nitrogen and oxygen atoms in total. The van der Waals surface area contributed by atoms with Crippen molar-refractivity contribution in [1.29, 1.82) is 0 Å². The van der Waals surface area contributed by atoms with Crippen LogP contribution >= 0.6 is 0 Å². The van der Waals surface area contributed by atoms with Crippen LogP contribution in [0.4, 0.5) is 8.78 Å². The summed E-state index contributed by atoms with van der Waals surface area (Å²) in [7, 11) is 0. The van der Waals surface area contributed by atoms with Crippen LogP contribution in [0.2, 0.25) is 0 Å². The van der Waals surface area contributed by atoms with Gasteiger partial charge in [-0.15, -0.1) is 0 Å². The number of unbranched alkanes of at least 4 members (excludes halogenated alkanes) is 12. The minimum atomic E-state index is -0.925. The predicted octanol–water partition coefficient (Wildman–Crippen LogP) is 10.6. The fraction of sp³-hybridized carbons (Fsp3) is 0.647. The van der Waals surface area contributed by atoms with Gasteiger partial charge in [0.25, 0.3) is 0 Å². The normalized spacial score (nSPS) is 17.4. The highest BCUT2D eigenvalue weighted by molar-refractivity contribution is 5.65. The highest BCUT2D eigenvalue weighted by Gasteiger charge is 2.23. The summed E-state index contributed by atoms with van der Waals surface area (Å²) < 4.78 is 47.1. The van der Waals surface area contributed by atoms with Crippen molar-refractivity contribution < 1.29 is 23.0 Å². The SMILES string of the molecule is CCCCCCCCCOc1ccc(-c2ccc(C3OCC(CCCCCCCCC)CO3)cc2)c(F)c1F. The molecule has 0 bridgehead atoms. The Morgan fingerprint density at radius 3 is 1.85 bits per heavy atom. The molecule has 0 spiro atoms. The summed E-state index contributed by atoms with van der Waals surface area (Å²) in [4.78, 5) is 0. The summed E-state index contributed by atoms with van der Waals surface area (Å²) in [5.41, 5.74) is 1.73. The third kappa shape index (κ3) is 10.8. The van der Waals surface area contributed by atoms with Crippen molar-refractivity contribution in [2.24, 2.45) is 5.92 Å². The molecule has 0 atom stereocenters. The Balaban J connectivity index is 1.41. The van der Waals surface area contributed by atoms with Crippen molar-refractivity contribution in [3.8, 4) is 16.9 Å². The Labute approximate surface area is 235 Å². The minimum absolute atomic E-state index is 0.0195. The summed E-state index contributed by atoms with van der Waals surface area (Å²) in [6, 6.07) is 10.5. The van der Waals surface area contributed by atoms with E-state index < -0.39 is 17.9 Å². The Kier molecular flexibility index (Phi) is 14.9. The molecule has 5 heteroatoms. The second kappa shape index (κ2) is 18.4. The standard InChI is InChI=1S/C34H50F2O3/c1-3-5-7-9-11-13-15-17-27-25-38-34(39-26-27)29-20-18-28(19-21-29)30-22-23-31(33(36)32(30)35)37-24-16-14-12-10-8-6-4-2/h18-23,27,34H,3-17,24-26H2,1-2H3. The van der Waals surface area contributed by atoms with Crippen LogP contribution < -0.4 is 4.74 Å². The zero-order valence-corrected chi connectivity index (χ0v) is 24.3. The van der Waals surface area contributed by atoms with Crippen molar-refractivity contribution in [3.63, 3.8) is 0 Å². The van der Waals surface area contributed by atoms with Crippen molar-refractivity contribution in [2.45, 2.75) is 116 Å². The molecule has 0 aromatic heterocycles. The molecule has 1 aliphatic heterocycles. The summed E-state index contributed by atoms with van der Waals surface area (Å²) in [5.74, 6) is -1.38. The molecule has 39 heavy (non-hydrogen) atoms. The smallest absolute Gasteiger partial charge is 0.201 e. The first kappa shape index (κ1) is 31.5. The van der Waals surface area contributed by atoms with Gasteiger partial charge in [0.05, 0.1) is 19.8 Å². The number of rotatable bonds is 19. The lowest BCUT2D eigenvalue weighted by molar-refractivity contribution is -0.206. The van der Waals surface area contributed by atoms with E-state index in [4.69, 9.17) is 14.2 Å². The second-order valence-electron chi connectivity index (χ2n) is 11.1. The van der Waals surface area contributed by atoms with E-state index in [0.717, 1.165) is 31.2 Å². The molecule has 0 unspecified atom stereocenters. The number of hydrogen-bond acceptors (Lipinski definition) is 3. The van der Waals surface area contributed by atoms with Gasteiger partial charge in [-0.2, -0.15) is 4.39 Å². The molecule has 1 saturated heterocycles. The lowest BCUT2D eigenvalue weighted by atomic mass is 10.00. The first-order valence-electron chi connectivity index (χ1n) is 15.6. The van der Waals surface area contributed by atoms with E-state index in [1.807, 2.05) is 12.1 Å². The van der Waals surface area contributed by atoms with Gasteiger partial charge < -0.3 is 14.2 Å². The van der Waals surface area contributed by atoms with E-state index >= 15 is 0 Å². The van der Waals surface area contributed by atoms with Crippen LogP contribution in [0.5, 0.6) is 5.75 Å². The first-order valence-corrected chi connectivity index (χ1v) is 15.6. The highest BCUT2D eigenvalue weighted by Crippen LogP contribution is 2.32. The lowest BCUT2D eigenvalue weighted by Gasteiger charge is -2.29. The number of benzene rings is 2. The largest absolute Gasteiger partial charge is 0.490 e. The van der Waals surface area contributed by atoms with Crippen LogP contribution in [-0.2, 0) is 9.47 Å².